The molecule has 3 aromatic rings. The molecule has 2 aromatic carbocycles. The summed E-state index contributed by atoms with van der Waals surface area (Å²) >= 11 is 7.64. The van der Waals surface area contributed by atoms with Crippen molar-refractivity contribution >= 4 is 28.9 Å². The predicted octanol–water partition coefficient (Wildman–Crippen LogP) is 4.76. The van der Waals surface area contributed by atoms with Crippen molar-refractivity contribution in [3.05, 3.63) is 70.2 Å². The quantitative estimate of drug-likeness (QED) is 0.584. The van der Waals surface area contributed by atoms with Crippen molar-refractivity contribution in [2.24, 2.45) is 0 Å². The third kappa shape index (κ3) is 4.59. The third-order valence-corrected chi connectivity index (χ3v) is 4.77. The van der Waals surface area contributed by atoms with Crippen LogP contribution in [0.5, 0.6) is 5.75 Å². The van der Waals surface area contributed by atoms with Gasteiger partial charge in [-0.15, -0.1) is 11.3 Å². The van der Waals surface area contributed by atoms with Gasteiger partial charge in [-0.1, -0.05) is 41.9 Å². The molecule has 0 saturated heterocycles. The molecule has 0 spiro atoms. The summed E-state index contributed by atoms with van der Waals surface area (Å²) in [6, 6.07) is 14.9. The zero-order valence-electron chi connectivity index (χ0n) is 13.6. The molecule has 128 valence electrons. The second-order valence-corrected chi connectivity index (χ2v) is 6.58. The number of aromatic nitrogens is 1. The summed E-state index contributed by atoms with van der Waals surface area (Å²) in [7, 11) is 1.60. The fourth-order valence-electron chi connectivity index (χ4n) is 2.27. The highest BCUT2D eigenvalue weighted by molar-refractivity contribution is 7.13. The fourth-order valence-corrected chi connectivity index (χ4v) is 3.41. The van der Waals surface area contributed by atoms with Gasteiger partial charge in [0, 0.05) is 10.9 Å². The van der Waals surface area contributed by atoms with E-state index >= 15 is 0 Å². The molecule has 0 unspecified atom stereocenters. The highest BCUT2D eigenvalue weighted by Crippen LogP contribution is 2.30. The average Bonchev–Trinajstić information content (AvgIpc) is 3.08. The highest BCUT2D eigenvalue weighted by atomic mass is 35.5. The molecule has 0 aliphatic carbocycles. The van der Waals surface area contributed by atoms with E-state index in [-0.39, 0.29) is 19.0 Å². The lowest BCUT2D eigenvalue weighted by Gasteiger charge is -2.06. The summed E-state index contributed by atoms with van der Waals surface area (Å²) in [6.45, 7) is 0.206. The van der Waals surface area contributed by atoms with Crippen LogP contribution in [0.2, 0.25) is 5.02 Å². The number of methoxy groups -OCH3 is 1. The van der Waals surface area contributed by atoms with Gasteiger partial charge in [-0.2, -0.15) is 0 Å². The number of thiazole rings is 1. The number of hydrogen-bond donors (Lipinski definition) is 0. The lowest BCUT2D eigenvalue weighted by molar-refractivity contribution is -0.144. The van der Waals surface area contributed by atoms with Gasteiger partial charge in [-0.3, -0.25) is 4.79 Å². The van der Waals surface area contributed by atoms with E-state index in [0.717, 1.165) is 21.9 Å². The monoisotopic (exact) mass is 373 g/mol. The van der Waals surface area contributed by atoms with E-state index in [1.54, 1.807) is 7.11 Å². The summed E-state index contributed by atoms with van der Waals surface area (Å²) < 4.78 is 10.5. The lowest BCUT2D eigenvalue weighted by atomic mass is 10.2. The van der Waals surface area contributed by atoms with Gasteiger partial charge in [-0.25, -0.2) is 4.98 Å². The second-order valence-electron chi connectivity index (χ2n) is 5.31. The number of benzene rings is 2. The van der Waals surface area contributed by atoms with Crippen molar-refractivity contribution in [1.82, 2.24) is 4.98 Å². The SMILES string of the molecule is COc1cccc(COC(=O)Cc2csc(-c3ccccc3Cl)n2)c1. The molecule has 3 rings (SSSR count). The molecule has 0 atom stereocenters. The third-order valence-electron chi connectivity index (χ3n) is 3.52. The zero-order chi connectivity index (χ0) is 17.6. The van der Waals surface area contributed by atoms with Crippen LogP contribution < -0.4 is 4.74 Å². The first kappa shape index (κ1) is 17.5. The van der Waals surface area contributed by atoms with Crippen molar-refractivity contribution in [2.45, 2.75) is 13.0 Å². The van der Waals surface area contributed by atoms with E-state index in [1.165, 1.54) is 11.3 Å². The Hall–Kier alpha value is -2.37. The van der Waals surface area contributed by atoms with Crippen molar-refractivity contribution in [2.75, 3.05) is 7.11 Å². The number of carbonyl (C=O) groups excluding carboxylic acids is 1. The van der Waals surface area contributed by atoms with Gasteiger partial charge in [0.15, 0.2) is 0 Å². The minimum Gasteiger partial charge on any atom is -0.497 e. The molecular formula is C19H16ClNO3S. The maximum Gasteiger partial charge on any atom is 0.312 e. The predicted molar refractivity (Wildman–Crippen MR) is 99.1 cm³/mol. The number of carbonyl (C=O) groups is 1. The second kappa shape index (κ2) is 8.14. The van der Waals surface area contributed by atoms with Crippen LogP contribution in [0.3, 0.4) is 0 Å². The molecule has 0 saturated carbocycles. The molecule has 6 heteroatoms. The van der Waals surface area contributed by atoms with Crippen LogP contribution in [0.15, 0.2) is 53.9 Å². The lowest BCUT2D eigenvalue weighted by Crippen LogP contribution is -2.08. The van der Waals surface area contributed by atoms with Gasteiger partial charge in [-0.05, 0) is 23.8 Å². The first-order valence-corrected chi connectivity index (χ1v) is 8.89. The number of nitrogens with zero attached hydrogens (tertiary/aromatic N) is 1. The molecule has 4 nitrogen and oxygen atoms in total. The molecular weight excluding hydrogens is 358 g/mol. The maximum absolute atomic E-state index is 12.0. The Kier molecular flexibility index (Phi) is 5.68. The Balaban J connectivity index is 1.59. The molecule has 1 heterocycles. The van der Waals surface area contributed by atoms with Crippen molar-refractivity contribution in [3.63, 3.8) is 0 Å². The van der Waals surface area contributed by atoms with Crippen molar-refractivity contribution in [1.29, 1.82) is 0 Å². The van der Waals surface area contributed by atoms with Crippen LogP contribution in [0.4, 0.5) is 0 Å². The van der Waals surface area contributed by atoms with E-state index in [1.807, 2.05) is 53.9 Å². The Morgan fingerprint density at radius 3 is 2.84 bits per heavy atom. The van der Waals surface area contributed by atoms with Gasteiger partial charge >= 0.3 is 5.97 Å². The van der Waals surface area contributed by atoms with Crippen LogP contribution in [0.25, 0.3) is 10.6 Å². The number of rotatable bonds is 6. The standard InChI is InChI=1S/C19H16ClNO3S/c1-23-15-6-4-5-13(9-15)11-24-18(22)10-14-12-25-19(21-14)16-7-2-3-8-17(16)20/h2-9,12H,10-11H2,1H3. The normalized spacial score (nSPS) is 10.5. The molecule has 0 amide bonds. The van der Waals surface area contributed by atoms with E-state index in [2.05, 4.69) is 4.98 Å². The minimum atomic E-state index is -0.321. The van der Waals surface area contributed by atoms with E-state index in [0.29, 0.717) is 10.7 Å². The highest BCUT2D eigenvalue weighted by Gasteiger charge is 2.12. The summed E-state index contributed by atoms with van der Waals surface area (Å²) in [5.74, 6) is 0.413. The van der Waals surface area contributed by atoms with Crippen molar-refractivity contribution in [3.8, 4) is 16.3 Å². The molecule has 0 aliphatic rings. The molecule has 25 heavy (non-hydrogen) atoms. The van der Waals surface area contributed by atoms with Gasteiger partial charge < -0.3 is 9.47 Å². The van der Waals surface area contributed by atoms with Crippen molar-refractivity contribution < 1.29 is 14.3 Å². The Morgan fingerprint density at radius 1 is 1.20 bits per heavy atom. The van der Waals surface area contributed by atoms with Crippen LogP contribution >= 0.6 is 22.9 Å². The summed E-state index contributed by atoms with van der Waals surface area (Å²) in [5.41, 5.74) is 2.42. The van der Waals surface area contributed by atoms with Gasteiger partial charge in [0.2, 0.25) is 0 Å². The topological polar surface area (TPSA) is 48.4 Å². The van der Waals surface area contributed by atoms with E-state index in [9.17, 15) is 4.79 Å². The van der Waals surface area contributed by atoms with Crippen LogP contribution in [0, 0.1) is 0 Å². The molecule has 0 N–H and O–H groups in total. The van der Waals surface area contributed by atoms with Gasteiger partial charge in [0.25, 0.3) is 0 Å². The molecule has 1 aromatic heterocycles. The first-order valence-electron chi connectivity index (χ1n) is 7.63. The maximum atomic E-state index is 12.0. The molecule has 0 aliphatic heterocycles. The molecule has 0 radical (unpaired) electrons. The summed E-state index contributed by atoms with van der Waals surface area (Å²) in [6.07, 6.45) is 0.130. The fraction of sp³-hybridized carbons (Fsp3) is 0.158. The summed E-state index contributed by atoms with van der Waals surface area (Å²) in [5, 5.41) is 3.29. The molecule has 0 fully saturated rings. The summed E-state index contributed by atoms with van der Waals surface area (Å²) in [4.78, 5) is 16.5. The molecule has 0 bridgehead atoms. The Morgan fingerprint density at radius 2 is 2.04 bits per heavy atom. The number of halogens is 1. The zero-order valence-corrected chi connectivity index (χ0v) is 15.1. The largest absolute Gasteiger partial charge is 0.497 e. The first-order chi connectivity index (χ1) is 12.2. The van der Waals surface area contributed by atoms with Gasteiger partial charge in [0.05, 0.1) is 24.2 Å². The van der Waals surface area contributed by atoms with Gasteiger partial charge in [0.1, 0.15) is 17.4 Å². The smallest absolute Gasteiger partial charge is 0.312 e. The number of hydrogen-bond acceptors (Lipinski definition) is 5. The number of esters is 1. The van der Waals surface area contributed by atoms with Crippen LogP contribution in [-0.2, 0) is 22.6 Å². The average molecular weight is 374 g/mol. The Labute approximate surface area is 155 Å². The minimum absolute atomic E-state index is 0.130. The number of ether oxygens (including phenoxy) is 2. The van der Waals surface area contributed by atoms with E-state index in [4.69, 9.17) is 21.1 Å². The van der Waals surface area contributed by atoms with E-state index < -0.39 is 0 Å². The Bertz CT molecular complexity index is 878. The van der Waals surface area contributed by atoms with Crippen LogP contribution in [0.1, 0.15) is 11.3 Å². The van der Waals surface area contributed by atoms with Crippen LogP contribution in [-0.4, -0.2) is 18.1 Å².